The van der Waals surface area contributed by atoms with Crippen LogP contribution in [-0.2, 0) is 6.54 Å². The van der Waals surface area contributed by atoms with Crippen LogP contribution in [0.15, 0.2) is 48.5 Å². The highest BCUT2D eigenvalue weighted by Crippen LogP contribution is 2.16. The number of halogens is 2. The highest BCUT2D eigenvalue weighted by molar-refractivity contribution is 6.31. The maximum atomic E-state index is 12.9. The van der Waals surface area contributed by atoms with Crippen molar-refractivity contribution in [1.29, 1.82) is 0 Å². The highest BCUT2D eigenvalue weighted by Gasteiger charge is 2.01. The Bertz CT molecular complexity index is 519. The number of hydrogen-bond acceptors (Lipinski definition) is 2. The summed E-state index contributed by atoms with van der Waals surface area (Å²) >= 11 is 5.93. The normalized spacial score (nSPS) is 10.4. The van der Waals surface area contributed by atoms with E-state index in [4.69, 9.17) is 16.3 Å². The zero-order chi connectivity index (χ0) is 13.5. The lowest BCUT2D eigenvalue weighted by Crippen LogP contribution is -2.20. The molecule has 1 N–H and O–H groups in total. The summed E-state index contributed by atoms with van der Waals surface area (Å²) < 4.78 is 18.4. The largest absolute Gasteiger partial charge is 0.492 e. The second-order valence-electron chi connectivity index (χ2n) is 4.07. The molecule has 0 aliphatic heterocycles. The Morgan fingerprint density at radius 1 is 1.11 bits per heavy atom. The lowest BCUT2D eigenvalue weighted by Gasteiger charge is -2.08. The lowest BCUT2D eigenvalue weighted by molar-refractivity contribution is 0.313. The van der Waals surface area contributed by atoms with Crippen molar-refractivity contribution >= 4 is 11.6 Å². The van der Waals surface area contributed by atoms with Gasteiger partial charge in [-0.3, -0.25) is 0 Å². The van der Waals surface area contributed by atoms with Gasteiger partial charge in [-0.2, -0.15) is 0 Å². The fourth-order valence-corrected chi connectivity index (χ4v) is 1.88. The molecule has 2 nitrogen and oxygen atoms in total. The molecule has 0 fully saturated rings. The third-order valence-electron chi connectivity index (χ3n) is 2.62. The fourth-order valence-electron chi connectivity index (χ4n) is 1.65. The molecule has 2 aromatic rings. The van der Waals surface area contributed by atoms with Crippen LogP contribution in [0.3, 0.4) is 0 Å². The summed E-state index contributed by atoms with van der Waals surface area (Å²) in [4.78, 5) is 0. The van der Waals surface area contributed by atoms with Crippen LogP contribution in [0.1, 0.15) is 5.56 Å². The number of benzene rings is 2. The smallest absolute Gasteiger partial charge is 0.124 e. The van der Waals surface area contributed by atoms with Crippen LogP contribution in [-0.4, -0.2) is 13.2 Å². The minimum absolute atomic E-state index is 0.318. The zero-order valence-corrected chi connectivity index (χ0v) is 11.2. The van der Waals surface area contributed by atoms with Crippen molar-refractivity contribution in [2.75, 3.05) is 13.2 Å². The topological polar surface area (TPSA) is 21.3 Å². The summed E-state index contributed by atoms with van der Waals surface area (Å²) in [5, 5.41) is 3.64. The molecule has 100 valence electrons. The molecule has 19 heavy (non-hydrogen) atoms. The molecule has 0 heterocycles. The van der Waals surface area contributed by atoms with Crippen LogP contribution in [0.5, 0.6) is 5.75 Å². The van der Waals surface area contributed by atoms with Crippen molar-refractivity contribution in [3.05, 3.63) is 64.9 Å². The quantitative estimate of drug-likeness (QED) is 0.815. The van der Waals surface area contributed by atoms with E-state index in [0.717, 1.165) is 11.3 Å². The number of nitrogens with one attached hydrogen (secondary N) is 1. The van der Waals surface area contributed by atoms with Crippen LogP contribution in [0.2, 0.25) is 5.02 Å². The Hall–Kier alpha value is -1.58. The van der Waals surface area contributed by atoms with Gasteiger partial charge < -0.3 is 10.1 Å². The zero-order valence-electron chi connectivity index (χ0n) is 10.4. The molecule has 0 amide bonds. The third-order valence-corrected chi connectivity index (χ3v) is 2.97. The maximum Gasteiger partial charge on any atom is 0.124 e. The maximum absolute atomic E-state index is 12.9. The Morgan fingerprint density at radius 3 is 2.63 bits per heavy atom. The first-order valence-corrected chi connectivity index (χ1v) is 6.46. The standard InChI is InChI=1S/C15H15ClFNO/c16-15-10-13(17)7-6-12(15)11-18-8-9-19-14-4-2-1-3-5-14/h1-7,10,18H,8-9,11H2. The van der Waals surface area contributed by atoms with Crippen molar-refractivity contribution in [1.82, 2.24) is 5.32 Å². The molecule has 0 atom stereocenters. The summed E-state index contributed by atoms with van der Waals surface area (Å²) in [6.45, 7) is 1.86. The molecule has 0 spiro atoms. The van der Waals surface area contributed by atoms with Crippen molar-refractivity contribution in [3.8, 4) is 5.75 Å². The van der Waals surface area contributed by atoms with Crippen LogP contribution in [0.25, 0.3) is 0 Å². The number of hydrogen-bond donors (Lipinski definition) is 1. The molecule has 0 unspecified atom stereocenters. The van der Waals surface area contributed by atoms with Gasteiger partial charge in [0, 0.05) is 18.1 Å². The van der Waals surface area contributed by atoms with E-state index in [-0.39, 0.29) is 5.82 Å². The molecule has 2 rings (SSSR count). The van der Waals surface area contributed by atoms with Gasteiger partial charge in [0.15, 0.2) is 0 Å². The molecule has 0 aliphatic rings. The predicted octanol–water partition coefficient (Wildman–Crippen LogP) is 3.65. The van der Waals surface area contributed by atoms with Crippen molar-refractivity contribution in [2.45, 2.75) is 6.54 Å². The molecule has 0 saturated carbocycles. The summed E-state index contributed by atoms with van der Waals surface area (Å²) in [7, 11) is 0. The second-order valence-corrected chi connectivity index (χ2v) is 4.48. The molecule has 0 aromatic heterocycles. The minimum Gasteiger partial charge on any atom is -0.492 e. The highest BCUT2D eigenvalue weighted by atomic mass is 35.5. The molecule has 4 heteroatoms. The molecule has 0 radical (unpaired) electrons. The van der Waals surface area contributed by atoms with Gasteiger partial charge in [-0.1, -0.05) is 35.9 Å². The van der Waals surface area contributed by atoms with Gasteiger partial charge in [-0.25, -0.2) is 4.39 Å². The molecule has 0 aliphatic carbocycles. The van der Waals surface area contributed by atoms with E-state index in [1.165, 1.54) is 12.1 Å². The van der Waals surface area contributed by atoms with E-state index in [1.807, 2.05) is 30.3 Å². The van der Waals surface area contributed by atoms with Gasteiger partial charge >= 0.3 is 0 Å². The predicted molar refractivity (Wildman–Crippen MR) is 75.1 cm³/mol. The monoisotopic (exact) mass is 279 g/mol. The second kappa shape index (κ2) is 7.12. The van der Waals surface area contributed by atoms with E-state index in [0.29, 0.717) is 24.7 Å². The summed E-state index contributed by atoms with van der Waals surface area (Å²) in [6, 6.07) is 14.0. The third kappa shape index (κ3) is 4.54. The molecule has 2 aromatic carbocycles. The lowest BCUT2D eigenvalue weighted by atomic mass is 10.2. The summed E-state index contributed by atoms with van der Waals surface area (Å²) in [6.07, 6.45) is 0. The molecule has 0 saturated heterocycles. The Balaban J connectivity index is 1.69. The van der Waals surface area contributed by atoms with Gasteiger partial charge in [-0.15, -0.1) is 0 Å². The average Bonchev–Trinajstić information content (AvgIpc) is 2.42. The van der Waals surface area contributed by atoms with Gasteiger partial charge in [0.05, 0.1) is 0 Å². The SMILES string of the molecule is Fc1ccc(CNCCOc2ccccc2)c(Cl)c1. The van der Waals surface area contributed by atoms with Crippen LogP contribution in [0, 0.1) is 5.82 Å². The first-order valence-electron chi connectivity index (χ1n) is 6.08. The molecule has 0 bridgehead atoms. The van der Waals surface area contributed by atoms with E-state index >= 15 is 0 Å². The van der Waals surface area contributed by atoms with E-state index in [9.17, 15) is 4.39 Å². The van der Waals surface area contributed by atoms with E-state index in [2.05, 4.69) is 5.32 Å². The first kappa shape index (κ1) is 13.8. The van der Waals surface area contributed by atoms with Crippen LogP contribution >= 0.6 is 11.6 Å². The van der Waals surface area contributed by atoms with Crippen LogP contribution < -0.4 is 10.1 Å². The molecular weight excluding hydrogens is 265 g/mol. The summed E-state index contributed by atoms with van der Waals surface area (Å²) in [5.74, 6) is 0.533. The Labute approximate surface area is 117 Å². The van der Waals surface area contributed by atoms with Gasteiger partial charge in [0.25, 0.3) is 0 Å². The minimum atomic E-state index is -0.318. The number of ether oxygens (including phenoxy) is 1. The van der Waals surface area contributed by atoms with Crippen molar-refractivity contribution in [2.24, 2.45) is 0 Å². The Kier molecular flexibility index (Phi) is 5.19. The summed E-state index contributed by atoms with van der Waals surface area (Å²) in [5.41, 5.74) is 0.878. The van der Waals surface area contributed by atoms with E-state index < -0.39 is 0 Å². The Morgan fingerprint density at radius 2 is 1.89 bits per heavy atom. The van der Waals surface area contributed by atoms with Crippen molar-refractivity contribution in [3.63, 3.8) is 0 Å². The van der Waals surface area contributed by atoms with Gasteiger partial charge in [-0.05, 0) is 29.8 Å². The van der Waals surface area contributed by atoms with Crippen LogP contribution in [0.4, 0.5) is 4.39 Å². The van der Waals surface area contributed by atoms with Gasteiger partial charge in [0.1, 0.15) is 18.2 Å². The molecular formula is C15H15ClFNO. The average molecular weight is 280 g/mol. The number of rotatable bonds is 6. The first-order chi connectivity index (χ1) is 9.25. The van der Waals surface area contributed by atoms with Crippen molar-refractivity contribution < 1.29 is 9.13 Å². The van der Waals surface area contributed by atoms with E-state index in [1.54, 1.807) is 6.07 Å². The number of para-hydroxylation sites is 1. The van der Waals surface area contributed by atoms with Gasteiger partial charge in [0.2, 0.25) is 0 Å². The fraction of sp³-hybridized carbons (Fsp3) is 0.200.